The average Bonchev–Trinajstić information content (AvgIpc) is 2.54. The zero-order chi connectivity index (χ0) is 14.7. The Morgan fingerprint density at radius 3 is 2.76 bits per heavy atom. The van der Waals surface area contributed by atoms with Crippen LogP contribution >= 0.6 is 0 Å². The van der Waals surface area contributed by atoms with Crippen molar-refractivity contribution >= 4 is 10.8 Å². The molecule has 2 unspecified atom stereocenters. The Hall–Kier alpha value is -1.58. The molecule has 0 bridgehead atoms. The van der Waals surface area contributed by atoms with Crippen molar-refractivity contribution in [1.82, 2.24) is 5.32 Å². The summed E-state index contributed by atoms with van der Waals surface area (Å²) in [6.45, 7) is 4.00. The summed E-state index contributed by atoms with van der Waals surface area (Å²) in [5.41, 5.74) is 1.27. The van der Waals surface area contributed by atoms with Gasteiger partial charge in [0.1, 0.15) is 5.75 Å². The fraction of sp³-hybridized carbons (Fsp3) is 0.444. The van der Waals surface area contributed by atoms with Crippen LogP contribution in [-0.4, -0.2) is 26.3 Å². The molecule has 0 saturated carbocycles. The van der Waals surface area contributed by atoms with Gasteiger partial charge in [0.15, 0.2) is 0 Å². The quantitative estimate of drug-likeness (QED) is 0.929. The summed E-state index contributed by atoms with van der Waals surface area (Å²) in [5.74, 6) is 0.924. The van der Waals surface area contributed by atoms with Gasteiger partial charge in [-0.1, -0.05) is 37.3 Å². The highest BCUT2D eigenvalue weighted by Crippen LogP contribution is 2.36. The topological polar surface area (TPSA) is 30.5 Å². The normalized spacial score (nSPS) is 22.4. The molecule has 0 radical (unpaired) electrons. The molecule has 2 atom stereocenters. The van der Waals surface area contributed by atoms with E-state index in [1.54, 1.807) is 7.11 Å². The number of ether oxygens (including phenoxy) is 2. The largest absolute Gasteiger partial charge is 0.496 e. The maximum absolute atomic E-state index is 6.04. The highest BCUT2D eigenvalue weighted by Gasteiger charge is 2.25. The van der Waals surface area contributed by atoms with Crippen LogP contribution in [0, 0.1) is 0 Å². The van der Waals surface area contributed by atoms with Gasteiger partial charge in [0, 0.05) is 18.0 Å². The molecule has 0 aliphatic carbocycles. The summed E-state index contributed by atoms with van der Waals surface area (Å²) in [6, 6.07) is 13.2. The third-order valence-electron chi connectivity index (χ3n) is 4.26. The molecule has 2 aromatic carbocycles. The molecule has 112 valence electrons. The lowest BCUT2D eigenvalue weighted by Gasteiger charge is -2.31. The third kappa shape index (κ3) is 2.89. The van der Waals surface area contributed by atoms with Gasteiger partial charge < -0.3 is 14.8 Å². The Morgan fingerprint density at radius 1 is 1.19 bits per heavy atom. The van der Waals surface area contributed by atoms with Crippen LogP contribution in [0.25, 0.3) is 10.8 Å². The maximum Gasteiger partial charge on any atom is 0.126 e. The highest BCUT2D eigenvalue weighted by molar-refractivity contribution is 5.91. The molecule has 1 fully saturated rings. The number of rotatable bonds is 4. The van der Waals surface area contributed by atoms with Gasteiger partial charge in [-0.2, -0.15) is 0 Å². The molecule has 3 nitrogen and oxygen atoms in total. The second-order valence-corrected chi connectivity index (χ2v) is 5.54. The molecule has 1 saturated heterocycles. The summed E-state index contributed by atoms with van der Waals surface area (Å²) in [4.78, 5) is 0. The minimum atomic E-state index is 0.165. The maximum atomic E-state index is 6.04. The van der Waals surface area contributed by atoms with Crippen LogP contribution in [0.15, 0.2) is 36.4 Å². The fourth-order valence-electron chi connectivity index (χ4n) is 3.24. The van der Waals surface area contributed by atoms with Crippen molar-refractivity contribution in [2.75, 3.05) is 20.3 Å². The number of nitrogens with one attached hydrogen (secondary N) is 1. The molecule has 1 aliphatic rings. The van der Waals surface area contributed by atoms with Gasteiger partial charge in [0.25, 0.3) is 0 Å². The van der Waals surface area contributed by atoms with Crippen molar-refractivity contribution in [3.63, 3.8) is 0 Å². The number of hydrogen-bond donors (Lipinski definition) is 1. The SMILES string of the molecule is CCNC1CCOC(c2ccc(OC)c3ccccc23)C1. The van der Waals surface area contributed by atoms with Crippen LogP contribution in [0.1, 0.15) is 31.4 Å². The standard InChI is InChI=1S/C18H23NO2/c1-3-19-13-10-11-21-18(12-13)16-8-9-17(20-2)15-7-5-4-6-14(15)16/h4-9,13,18-19H,3,10-12H2,1-2H3. The van der Waals surface area contributed by atoms with Crippen molar-refractivity contribution in [2.45, 2.75) is 31.9 Å². The van der Waals surface area contributed by atoms with E-state index in [4.69, 9.17) is 9.47 Å². The number of methoxy groups -OCH3 is 1. The summed E-state index contributed by atoms with van der Waals surface area (Å²) in [7, 11) is 1.72. The Morgan fingerprint density at radius 2 is 2.00 bits per heavy atom. The van der Waals surface area contributed by atoms with E-state index in [1.165, 1.54) is 10.9 Å². The summed E-state index contributed by atoms with van der Waals surface area (Å²) < 4.78 is 11.5. The van der Waals surface area contributed by atoms with Gasteiger partial charge in [-0.3, -0.25) is 0 Å². The second kappa shape index (κ2) is 6.46. The predicted octanol–water partition coefficient (Wildman–Crippen LogP) is 3.68. The number of fused-ring (bicyclic) bond motifs is 1. The van der Waals surface area contributed by atoms with Crippen LogP contribution in [0.5, 0.6) is 5.75 Å². The first kappa shape index (κ1) is 14.4. The zero-order valence-corrected chi connectivity index (χ0v) is 12.8. The van der Waals surface area contributed by atoms with E-state index in [0.29, 0.717) is 6.04 Å². The summed E-state index contributed by atoms with van der Waals surface area (Å²) in [5, 5.41) is 5.94. The van der Waals surface area contributed by atoms with Gasteiger partial charge in [-0.15, -0.1) is 0 Å². The number of benzene rings is 2. The van der Waals surface area contributed by atoms with E-state index in [-0.39, 0.29) is 6.10 Å². The molecule has 1 heterocycles. The fourth-order valence-corrected chi connectivity index (χ4v) is 3.24. The predicted molar refractivity (Wildman–Crippen MR) is 85.9 cm³/mol. The van der Waals surface area contributed by atoms with E-state index in [2.05, 4.69) is 48.6 Å². The molecule has 1 N–H and O–H groups in total. The smallest absolute Gasteiger partial charge is 0.126 e. The van der Waals surface area contributed by atoms with Crippen molar-refractivity contribution in [3.05, 3.63) is 42.0 Å². The first-order valence-corrected chi connectivity index (χ1v) is 7.74. The van der Waals surface area contributed by atoms with E-state index < -0.39 is 0 Å². The highest BCUT2D eigenvalue weighted by atomic mass is 16.5. The van der Waals surface area contributed by atoms with Gasteiger partial charge in [0.05, 0.1) is 13.2 Å². The van der Waals surface area contributed by atoms with Gasteiger partial charge in [-0.05, 0) is 36.4 Å². The minimum absolute atomic E-state index is 0.165. The molecule has 21 heavy (non-hydrogen) atoms. The molecule has 2 aromatic rings. The van der Waals surface area contributed by atoms with Gasteiger partial charge in [-0.25, -0.2) is 0 Å². The molecule has 3 rings (SSSR count). The van der Waals surface area contributed by atoms with Crippen LogP contribution in [0.2, 0.25) is 0 Å². The van der Waals surface area contributed by atoms with E-state index >= 15 is 0 Å². The lowest BCUT2D eigenvalue weighted by Crippen LogP contribution is -2.35. The monoisotopic (exact) mass is 285 g/mol. The third-order valence-corrected chi connectivity index (χ3v) is 4.26. The molecular weight excluding hydrogens is 262 g/mol. The molecule has 1 aliphatic heterocycles. The molecule has 0 spiro atoms. The van der Waals surface area contributed by atoms with Crippen molar-refractivity contribution in [2.24, 2.45) is 0 Å². The minimum Gasteiger partial charge on any atom is -0.496 e. The molecule has 0 aromatic heterocycles. The van der Waals surface area contributed by atoms with Crippen LogP contribution in [-0.2, 0) is 4.74 Å². The summed E-state index contributed by atoms with van der Waals surface area (Å²) >= 11 is 0. The molecule has 3 heteroatoms. The van der Waals surface area contributed by atoms with Crippen molar-refractivity contribution in [3.8, 4) is 5.75 Å². The van der Waals surface area contributed by atoms with Crippen LogP contribution in [0.4, 0.5) is 0 Å². The van der Waals surface area contributed by atoms with Crippen LogP contribution in [0.3, 0.4) is 0 Å². The van der Waals surface area contributed by atoms with E-state index in [1.807, 2.05) is 0 Å². The zero-order valence-electron chi connectivity index (χ0n) is 12.8. The lowest BCUT2D eigenvalue weighted by molar-refractivity contribution is 0.00144. The van der Waals surface area contributed by atoms with E-state index in [0.717, 1.165) is 37.1 Å². The molecular formula is C18H23NO2. The Kier molecular flexibility index (Phi) is 4.42. The lowest BCUT2D eigenvalue weighted by atomic mass is 9.93. The summed E-state index contributed by atoms with van der Waals surface area (Å²) in [6.07, 6.45) is 2.29. The Labute approximate surface area is 126 Å². The van der Waals surface area contributed by atoms with Gasteiger partial charge >= 0.3 is 0 Å². The van der Waals surface area contributed by atoms with Crippen molar-refractivity contribution < 1.29 is 9.47 Å². The molecule has 0 amide bonds. The Balaban J connectivity index is 1.97. The van der Waals surface area contributed by atoms with Gasteiger partial charge in [0.2, 0.25) is 0 Å². The first-order chi connectivity index (χ1) is 10.3. The first-order valence-electron chi connectivity index (χ1n) is 7.74. The van der Waals surface area contributed by atoms with Crippen LogP contribution < -0.4 is 10.1 Å². The number of hydrogen-bond acceptors (Lipinski definition) is 3. The second-order valence-electron chi connectivity index (χ2n) is 5.54. The average molecular weight is 285 g/mol. The van der Waals surface area contributed by atoms with Crippen molar-refractivity contribution in [1.29, 1.82) is 0 Å². The van der Waals surface area contributed by atoms with E-state index in [9.17, 15) is 0 Å². The Bertz CT molecular complexity index is 609.